The van der Waals surface area contributed by atoms with Crippen LogP contribution in [0, 0.1) is 0 Å². The Bertz CT molecular complexity index is 1620. The molecule has 0 saturated carbocycles. The first-order chi connectivity index (χ1) is 19.5. The average Bonchev–Trinajstić information content (AvgIpc) is 3.69. The second kappa shape index (κ2) is 12.8. The molecule has 0 aliphatic heterocycles. The Kier molecular flexibility index (Phi) is 8.78. The van der Waals surface area contributed by atoms with Crippen LogP contribution in [0.5, 0.6) is 0 Å². The van der Waals surface area contributed by atoms with E-state index in [4.69, 9.17) is 5.73 Å². The van der Waals surface area contributed by atoms with E-state index in [9.17, 15) is 9.59 Å². The van der Waals surface area contributed by atoms with Crippen LogP contribution in [0.4, 0.5) is 5.69 Å². The topological polar surface area (TPSA) is 126 Å². The number of aromatic nitrogens is 3. The van der Waals surface area contributed by atoms with Gasteiger partial charge in [-0.3, -0.25) is 14.6 Å². The lowest BCUT2D eigenvalue weighted by Gasteiger charge is -2.16. The minimum atomic E-state index is -0.320. The summed E-state index contributed by atoms with van der Waals surface area (Å²) >= 11 is 2.79. The van der Waals surface area contributed by atoms with E-state index >= 15 is 0 Å². The number of hydrogen-bond acceptors (Lipinski definition) is 7. The second-order valence-electron chi connectivity index (χ2n) is 9.35. The molecular weight excluding hydrogens is 541 g/mol. The van der Waals surface area contributed by atoms with Crippen LogP contribution in [0.1, 0.15) is 51.2 Å². The number of fused-ring (bicyclic) bond motifs is 1. The fourth-order valence-corrected chi connectivity index (χ4v) is 5.68. The number of nitrogens with one attached hydrogen (secondary N) is 3. The van der Waals surface area contributed by atoms with Crippen LogP contribution in [0.3, 0.4) is 0 Å². The molecule has 5 rings (SSSR count). The number of thioether (sulfide) groups is 1. The van der Waals surface area contributed by atoms with Gasteiger partial charge in [-0.05, 0) is 60.6 Å². The molecule has 0 aliphatic rings. The zero-order valence-corrected chi connectivity index (χ0v) is 23.6. The van der Waals surface area contributed by atoms with E-state index in [1.165, 1.54) is 28.5 Å². The molecule has 8 nitrogen and oxygen atoms in total. The van der Waals surface area contributed by atoms with Crippen LogP contribution in [0.15, 0.2) is 83.5 Å². The molecule has 40 heavy (non-hydrogen) atoms. The summed E-state index contributed by atoms with van der Waals surface area (Å²) < 4.78 is 0. The van der Waals surface area contributed by atoms with Crippen LogP contribution in [0.2, 0.25) is 0 Å². The maximum Gasteiger partial charge on any atom is 0.263 e. The van der Waals surface area contributed by atoms with Crippen molar-refractivity contribution in [3.05, 3.63) is 94.8 Å². The Labute approximate surface area is 240 Å². The normalized spacial score (nSPS) is 11.8. The molecule has 2 amide bonds. The van der Waals surface area contributed by atoms with Gasteiger partial charge >= 0.3 is 0 Å². The molecule has 0 spiro atoms. The maximum absolute atomic E-state index is 12.9. The van der Waals surface area contributed by atoms with Crippen LogP contribution in [-0.4, -0.2) is 39.6 Å². The van der Waals surface area contributed by atoms with Gasteiger partial charge in [-0.15, -0.1) is 23.1 Å². The third-order valence-electron chi connectivity index (χ3n) is 6.62. The molecule has 10 heteroatoms. The van der Waals surface area contributed by atoms with Crippen molar-refractivity contribution in [1.82, 2.24) is 25.6 Å². The number of thiazole rings is 1. The fourth-order valence-electron chi connectivity index (χ4n) is 4.52. The van der Waals surface area contributed by atoms with Crippen molar-refractivity contribution in [2.45, 2.75) is 30.2 Å². The van der Waals surface area contributed by atoms with Crippen molar-refractivity contribution in [3.63, 3.8) is 0 Å². The lowest BCUT2D eigenvalue weighted by atomic mass is 10.1. The predicted molar refractivity (Wildman–Crippen MR) is 163 cm³/mol. The van der Waals surface area contributed by atoms with E-state index in [2.05, 4.69) is 55.9 Å². The standard InChI is InChI=1S/C30H30N6O2S2/c1-39-26-15-22(31)11-12-23(26)29(37)33-13-5-4-8-24(36-30(38)27-17-32-18-40-27)28-34-16-25(35-28)21-10-9-19-6-2-3-7-20(19)14-21/h2-3,6-7,9-12,14-18,24H,4-5,8,13,31H2,1H3,(H,33,37)(H,34,35)(H,36,38)/t24-/m0/s1. The number of carbonyl (C=O) groups is 2. The summed E-state index contributed by atoms with van der Waals surface area (Å²) in [5.41, 5.74) is 10.7. The molecule has 2 heterocycles. The molecule has 204 valence electrons. The summed E-state index contributed by atoms with van der Waals surface area (Å²) in [6.07, 6.45) is 7.48. The highest BCUT2D eigenvalue weighted by Gasteiger charge is 2.20. The molecule has 1 atom stereocenters. The van der Waals surface area contributed by atoms with E-state index < -0.39 is 0 Å². The number of hydrogen-bond donors (Lipinski definition) is 4. The number of carbonyl (C=O) groups excluding carboxylic acids is 2. The van der Waals surface area contributed by atoms with E-state index in [-0.39, 0.29) is 17.9 Å². The summed E-state index contributed by atoms with van der Waals surface area (Å²) in [4.78, 5) is 39.1. The highest BCUT2D eigenvalue weighted by molar-refractivity contribution is 7.98. The summed E-state index contributed by atoms with van der Waals surface area (Å²) in [5, 5.41) is 8.44. The highest BCUT2D eigenvalue weighted by atomic mass is 32.2. The van der Waals surface area contributed by atoms with E-state index in [1.54, 1.807) is 23.8 Å². The van der Waals surface area contributed by atoms with Crippen LogP contribution >= 0.6 is 23.1 Å². The van der Waals surface area contributed by atoms with Crippen molar-refractivity contribution >= 4 is 51.4 Å². The molecule has 0 saturated heterocycles. The molecule has 0 aliphatic carbocycles. The van der Waals surface area contributed by atoms with Gasteiger partial charge in [0.1, 0.15) is 10.7 Å². The van der Waals surface area contributed by atoms with Crippen molar-refractivity contribution < 1.29 is 9.59 Å². The lowest BCUT2D eigenvalue weighted by molar-refractivity contribution is 0.0935. The second-order valence-corrected chi connectivity index (χ2v) is 11.1. The first-order valence-corrected chi connectivity index (χ1v) is 15.1. The maximum atomic E-state index is 12.9. The lowest BCUT2D eigenvalue weighted by Crippen LogP contribution is -2.29. The van der Waals surface area contributed by atoms with Crippen molar-refractivity contribution in [2.75, 3.05) is 18.5 Å². The molecule has 0 fully saturated rings. The molecule has 3 aromatic carbocycles. The van der Waals surface area contributed by atoms with Crippen LogP contribution in [0.25, 0.3) is 22.0 Å². The molecule has 0 radical (unpaired) electrons. The molecule has 5 N–H and O–H groups in total. The van der Waals surface area contributed by atoms with Gasteiger partial charge in [0.05, 0.1) is 35.2 Å². The number of unbranched alkanes of at least 4 members (excludes halogenated alkanes) is 1. The van der Waals surface area contributed by atoms with Gasteiger partial charge in [-0.1, -0.05) is 36.4 Å². The van der Waals surface area contributed by atoms with Gasteiger partial charge in [0.25, 0.3) is 11.8 Å². The molecular formula is C30H30N6O2S2. The zero-order chi connectivity index (χ0) is 27.9. The number of anilines is 1. The number of aromatic amines is 1. The van der Waals surface area contributed by atoms with Gasteiger partial charge in [-0.25, -0.2) is 4.98 Å². The predicted octanol–water partition coefficient (Wildman–Crippen LogP) is 6.06. The smallest absolute Gasteiger partial charge is 0.263 e. The quantitative estimate of drug-likeness (QED) is 0.0869. The monoisotopic (exact) mass is 570 g/mol. The Hall–Kier alpha value is -4.15. The first-order valence-electron chi connectivity index (χ1n) is 13.0. The number of benzene rings is 3. The number of imidazole rings is 1. The summed E-state index contributed by atoms with van der Waals surface area (Å²) in [6, 6.07) is 19.5. The molecule has 0 bridgehead atoms. The van der Waals surface area contributed by atoms with Crippen LogP contribution in [-0.2, 0) is 0 Å². The van der Waals surface area contributed by atoms with E-state index in [0.717, 1.165) is 34.4 Å². The molecule has 5 aromatic rings. The molecule has 0 unspecified atom stereocenters. The van der Waals surface area contributed by atoms with Crippen molar-refractivity contribution in [2.24, 2.45) is 0 Å². The number of H-pyrrole nitrogens is 1. The first kappa shape index (κ1) is 27.4. The Morgan fingerprint density at radius 2 is 1.88 bits per heavy atom. The minimum absolute atomic E-state index is 0.120. The van der Waals surface area contributed by atoms with Crippen LogP contribution < -0.4 is 16.4 Å². The van der Waals surface area contributed by atoms with Gasteiger partial charge in [-0.2, -0.15) is 0 Å². The van der Waals surface area contributed by atoms with E-state index in [1.807, 2.05) is 30.7 Å². The van der Waals surface area contributed by atoms with Gasteiger partial charge in [0.15, 0.2) is 0 Å². The SMILES string of the molecule is CSc1cc(N)ccc1C(=O)NCCCC[C@H](NC(=O)c1cncs1)c1ncc(-c2ccc3ccccc3c2)[nH]1. The van der Waals surface area contributed by atoms with Crippen molar-refractivity contribution in [3.8, 4) is 11.3 Å². The minimum Gasteiger partial charge on any atom is -0.399 e. The molecule has 2 aromatic heterocycles. The fraction of sp³-hybridized carbons (Fsp3) is 0.200. The zero-order valence-electron chi connectivity index (χ0n) is 22.0. The number of amides is 2. The Morgan fingerprint density at radius 1 is 1.02 bits per heavy atom. The Morgan fingerprint density at radius 3 is 2.67 bits per heavy atom. The number of nitrogens with zero attached hydrogens (tertiary/aromatic N) is 2. The van der Waals surface area contributed by atoms with Crippen molar-refractivity contribution in [1.29, 1.82) is 0 Å². The highest BCUT2D eigenvalue weighted by Crippen LogP contribution is 2.26. The van der Waals surface area contributed by atoms with Gasteiger partial charge < -0.3 is 21.4 Å². The van der Waals surface area contributed by atoms with Gasteiger partial charge in [0, 0.05) is 22.7 Å². The largest absolute Gasteiger partial charge is 0.399 e. The van der Waals surface area contributed by atoms with E-state index in [0.29, 0.717) is 34.9 Å². The number of rotatable bonds is 11. The summed E-state index contributed by atoms with van der Waals surface area (Å²) in [7, 11) is 0. The van der Waals surface area contributed by atoms with Gasteiger partial charge in [0.2, 0.25) is 0 Å². The third kappa shape index (κ3) is 6.52. The third-order valence-corrected chi connectivity index (χ3v) is 8.17. The summed E-state index contributed by atoms with van der Waals surface area (Å²) in [6.45, 7) is 0.521. The number of nitrogen functional groups attached to an aromatic ring is 1. The summed E-state index contributed by atoms with van der Waals surface area (Å²) in [5.74, 6) is 0.388. The Balaban J connectivity index is 1.24. The average molecular weight is 571 g/mol. The number of nitrogens with two attached hydrogens (primary N) is 1.